The number of rotatable bonds is 6. The maximum Gasteiger partial charge on any atom is 0.240 e. The summed E-state index contributed by atoms with van der Waals surface area (Å²) in [5, 5.41) is 5.67. The monoisotopic (exact) mass is 379 g/mol. The van der Waals surface area contributed by atoms with Crippen molar-refractivity contribution in [2.24, 2.45) is 5.92 Å². The van der Waals surface area contributed by atoms with Crippen molar-refractivity contribution in [2.45, 2.75) is 24.3 Å². The molecule has 0 unspecified atom stereocenters. The van der Waals surface area contributed by atoms with E-state index in [0.29, 0.717) is 11.4 Å². The first-order valence-corrected chi connectivity index (χ1v) is 9.57. The zero-order chi connectivity index (χ0) is 17.9. The molecule has 1 heterocycles. The zero-order valence-corrected chi connectivity index (χ0v) is 14.8. The predicted molar refractivity (Wildman–Crippen MR) is 96.3 cm³/mol. The van der Waals surface area contributed by atoms with E-state index in [4.69, 9.17) is 16.6 Å². The fourth-order valence-corrected chi connectivity index (χ4v) is 3.31. The quantitative estimate of drug-likeness (QED) is 0.664. The Labute approximate surface area is 150 Å². The van der Waals surface area contributed by atoms with Crippen molar-refractivity contribution in [3.05, 3.63) is 48.4 Å². The van der Waals surface area contributed by atoms with Gasteiger partial charge in [-0.3, -0.25) is 4.79 Å². The molecule has 3 rings (SSSR count). The number of anilines is 1. The molecule has 0 saturated heterocycles. The highest BCUT2D eigenvalue weighted by atomic mass is 32.2. The van der Waals surface area contributed by atoms with Crippen LogP contribution in [0.3, 0.4) is 0 Å². The molecule has 1 amide bonds. The van der Waals surface area contributed by atoms with Gasteiger partial charge in [0.15, 0.2) is 5.11 Å². The molecule has 3 N–H and O–H groups in total. The molecular formula is C16H17N3O4S2. The van der Waals surface area contributed by atoms with Gasteiger partial charge in [-0.05, 0) is 61.5 Å². The van der Waals surface area contributed by atoms with Gasteiger partial charge in [-0.25, -0.2) is 13.1 Å². The average Bonchev–Trinajstić information content (AvgIpc) is 3.30. The van der Waals surface area contributed by atoms with Gasteiger partial charge in [0.05, 0.1) is 17.7 Å². The van der Waals surface area contributed by atoms with Gasteiger partial charge < -0.3 is 15.1 Å². The molecule has 25 heavy (non-hydrogen) atoms. The summed E-state index contributed by atoms with van der Waals surface area (Å²) in [6.45, 7) is 0.0760. The van der Waals surface area contributed by atoms with E-state index in [1.165, 1.54) is 18.4 Å². The molecule has 1 fully saturated rings. The summed E-state index contributed by atoms with van der Waals surface area (Å²) in [5.74, 6) is 0.505. The first-order chi connectivity index (χ1) is 11.9. The number of thiocarbonyl (C=S) groups is 1. The Morgan fingerprint density at radius 2 is 1.92 bits per heavy atom. The second kappa shape index (κ2) is 7.34. The number of sulfonamides is 1. The van der Waals surface area contributed by atoms with Gasteiger partial charge in [-0.15, -0.1) is 0 Å². The van der Waals surface area contributed by atoms with Crippen LogP contribution in [0.4, 0.5) is 5.69 Å². The lowest BCUT2D eigenvalue weighted by molar-refractivity contribution is -0.120. The number of carbonyl (C=O) groups is 1. The maximum absolute atomic E-state index is 12.2. The van der Waals surface area contributed by atoms with Gasteiger partial charge in [0.2, 0.25) is 15.9 Å². The van der Waals surface area contributed by atoms with Crippen molar-refractivity contribution in [1.82, 2.24) is 10.0 Å². The number of benzene rings is 1. The van der Waals surface area contributed by atoms with Crippen molar-refractivity contribution in [2.75, 3.05) is 5.32 Å². The third-order valence-electron chi connectivity index (χ3n) is 3.62. The summed E-state index contributed by atoms with van der Waals surface area (Å²) < 4.78 is 32.0. The summed E-state index contributed by atoms with van der Waals surface area (Å²) in [5.41, 5.74) is 0.589. The molecule has 0 radical (unpaired) electrons. The predicted octanol–water partition coefficient (Wildman–Crippen LogP) is 1.98. The molecule has 1 saturated carbocycles. The summed E-state index contributed by atoms with van der Waals surface area (Å²) in [6, 6.07) is 9.45. The first-order valence-electron chi connectivity index (χ1n) is 7.68. The Morgan fingerprint density at radius 3 is 2.52 bits per heavy atom. The Morgan fingerprint density at radius 1 is 1.20 bits per heavy atom. The Hall–Kier alpha value is -2.23. The van der Waals surface area contributed by atoms with Crippen molar-refractivity contribution in [3.8, 4) is 0 Å². The fraction of sp³-hybridized carbons (Fsp3) is 0.250. The van der Waals surface area contributed by atoms with Crippen LogP contribution in [0.25, 0.3) is 0 Å². The summed E-state index contributed by atoms with van der Waals surface area (Å²) in [6.07, 6.45) is 3.27. The largest absolute Gasteiger partial charge is 0.468 e. The number of furan rings is 1. The third kappa shape index (κ3) is 4.88. The second-order valence-electron chi connectivity index (χ2n) is 5.65. The van der Waals surface area contributed by atoms with Gasteiger partial charge in [0.25, 0.3) is 0 Å². The molecule has 132 valence electrons. The number of carbonyl (C=O) groups excluding carboxylic acids is 1. The van der Waals surface area contributed by atoms with E-state index in [0.717, 1.165) is 12.8 Å². The van der Waals surface area contributed by atoms with Crippen molar-refractivity contribution in [3.63, 3.8) is 0 Å². The highest BCUT2D eigenvalue weighted by Gasteiger charge is 2.30. The standard InChI is InChI=1S/C16H17N3O4S2/c20-15(11-3-4-11)19-16(24)18-12-5-7-14(8-6-12)25(21,22)17-10-13-2-1-9-23-13/h1-2,5-9,11,17H,3-4,10H2,(H2,18,19,20,24). The SMILES string of the molecule is O=C(NC(=S)Nc1ccc(S(=O)(=O)NCc2ccco2)cc1)C1CC1. The first kappa shape index (κ1) is 17.6. The minimum atomic E-state index is -3.64. The van der Waals surface area contributed by atoms with Crippen LogP contribution in [0.2, 0.25) is 0 Å². The smallest absolute Gasteiger partial charge is 0.240 e. The molecule has 1 aromatic heterocycles. The summed E-state index contributed by atoms with van der Waals surface area (Å²) >= 11 is 5.07. The fourth-order valence-electron chi connectivity index (χ4n) is 2.10. The van der Waals surface area contributed by atoms with Crippen molar-refractivity contribution in [1.29, 1.82) is 0 Å². The maximum atomic E-state index is 12.2. The molecule has 1 aliphatic carbocycles. The van der Waals surface area contributed by atoms with Gasteiger partial charge in [-0.2, -0.15) is 0 Å². The van der Waals surface area contributed by atoms with Crippen LogP contribution >= 0.6 is 12.2 Å². The van der Waals surface area contributed by atoms with Crippen LogP contribution in [0.1, 0.15) is 18.6 Å². The van der Waals surface area contributed by atoms with E-state index in [1.807, 2.05) is 0 Å². The Bertz CT molecular complexity index is 857. The summed E-state index contributed by atoms with van der Waals surface area (Å²) in [4.78, 5) is 11.7. The van der Waals surface area contributed by atoms with Crippen LogP contribution in [-0.4, -0.2) is 19.4 Å². The Balaban J connectivity index is 1.57. The van der Waals surface area contributed by atoms with Gasteiger partial charge >= 0.3 is 0 Å². The molecule has 0 spiro atoms. The molecule has 9 heteroatoms. The van der Waals surface area contributed by atoms with E-state index >= 15 is 0 Å². The highest BCUT2D eigenvalue weighted by Crippen LogP contribution is 2.28. The van der Waals surface area contributed by atoms with Crippen LogP contribution in [0, 0.1) is 5.92 Å². The van der Waals surface area contributed by atoms with E-state index in [9.17, 15) is 13.2 Å². The lowest BCUT2D eigenvalue weighted by Gasteiger charge is -2.10. The van der Waals surface area contributed by atoms with Crippen molar-refractivity contribution >= 4 is 38.9 Å². The molecular weight excluding hydrogens is 362 g/mol. The molecule has 2 aromatic rings. The molecule has 0 bridgehead atoms. The Kier molecular flexibility index (Phi) is 5.16. The van der Waals surface area contributed by atoms with Crippen LogP contribution in [-0.2, 0) is 21.4 Å². The topological polar surface area (TPSA) is 100 Å². The van der Waals surface area contributed by atoms with Crippen LogP contribution in [0.15, 0.2) is 52.0 Å². The number of amides is 1. The number of nitrogens with one attached hydrogen (secondary N) is 3. The number of hydrogen-bond donors (Lipinski definition) is 3. The van der Waals surface area contributed by atoms with E-state index in [1.54, 1.807) is 24.3 Å². The summed E-state index contributed by atoms with van der Waals surface area (Å²) in [7, 11) is -3.64. The lowest BCUT2D eigenvalue weighted by atomic mass is 10.3. The molecule has 0 atom stereocenters. The third-order valence-corrected chi connectivity index (χ3v) is 5.25. The van der Waals surface area contributed by atoms with Gasteiger partial charge in [0, 0.05) is 11.6 Å². The number of hydrogen-bond acceptors (Lipinski definition) is 5. The molecule has 1 aliphatic rings. The minimum absolute atomic E-state index is 0.0625. The van der Waals surface area contributed by atoms with E-state index < -0.39 is 10.0 Å². The van der Waals surface area contributed by atoms with Gasteiger partial charge in [0.1, 0.15) is 5.76 Å². The zero-order valence-electron chi connectivity index (χ0n) is 13.2. The van der Waals surface area contributed by atoms with Crippen LogP contribution in [0.5, 0.6) is 0 Å². The average molecular weight is 379 g/mol. The normalized spacial score (nSPS) is 14.1. The van der Waals surface area contributed by atoms with E-state index in [2.05, 4.69) is 15.4 Å². The minimum Gasteiger partial charge on any atom is -0.468 e. The molecule has 1 aromatic carbocycles. The highest BCUT2D eigenvalue weighted by molar-refractivity contribution is 7.89. The lowest BCUT2D eigenvalue weighted by Crippen LogP contribution is -2.35. The van der Waals surface area contributed by atoms with Gasteiger partial charge in [-0.1, -0.05) is 0 Å². The molecule has 0 aliphatic heterocycles. The second-order valence-corrected chi connectivity index (χ2v) is 7.82. The van der Waals surface area contributed by atoms with Crippen molar-refractivity contribution < 1.29 is 17.6 Å². The van der Waals surface area contributed by atoms with Crippen LogP contribution < -0.4 is 15.4 Å². The molecule has 7 nitrogen and oxygen atoms in total. The van der Waals surface area contributed by atoms with E-state index in [-0.39, 0.29) is 28.4 Å².